The Labute approximate surface area is 98.9 Å². The summed E-state index contributed by atoms with van der Waals surface area (Å²) >= 11 is 0. The molecule has 0 radical (unpaired) electrons. The highest BCUT2D eigenvalue weighted by Crippen LogP contribution is 2.15. The Bertz CT molecular complexity index is 531. The largest absolute Gasteiger partial charge is 0.284 e. The van der Waals surface area contributed by atoms with E-state index in [-0.39, 0.29) is 5.75 Å². The number of sulfonamides is 1. The molecular weight excluding hydrogens is 274 g/mol. The molecule has 0 aliphatic heterocycles. The minimum atomic E-state index is -3.64. The number of hydrogen-bond donors (Lipinski definition) is 1. The van der Waals surface area contributed by atoms with E-state index < -0.39 is 19.1 Å². The van der Waals surface area contributed by atoms with Crippen LogP contribution in [0, 0.1) is 0 Å². The molecule has 0 saturated carbocycles. The molecule has 90 valence electrons. The fraction of sp³-hybridized carbons (Fsp3) is 0.250. The van der Waals surface area contributed by atoms with Crippen molar-refractivity contribution in [3.05, 3.63) is 29.8 Å². The molecule has 1 rings (SSSR count). The number of rotatable bonds is 4. The number of benzene rings is 1. The summed E-state index contributed by atoms with van der Waals surface area (Å²) < 4.78 is 45.8. The highest BCUT2D eigenvalue weighted by molar-refractivity contribution is 8.13. The smallest absolute Gasteiger partial charge is 0.236 e. The van der Waals surface area contributed by atoms with Gasteiger partial charge in [-0.2, -0.15) is 0 Å². The average Bonchev–Trinajstić information content (AvgIpc) is 1.96. The van der Waals surface area contributed by atoms with Crippen LogP contribution >= 0.6 is 10.7 Å². The number of halogens is 1. The summed E-state index contributed by atoms with van der Waals surface area (Å²) in [4.78, 5) is 0. The average molecular weight is 284 g/mol. The Hall–Kier alpha value is -0.790. The van der Waals surface area contributed by atoms with Gasteiger partial charge in [0.15, 0.2) is 0 Å². The van der Waals surface area contributed by atoms with E-state index in [1.54, 1.807) is 12.1 Å². The molecule has 0 bridgehead atoms. The molecule has 0 heterocycles. The molecule has 0 saturated heterocycles. The zero-order chi connectivity index (χ0) is 12.4. The van der Waals surface area contributed by atoms with Crippen molar-refractivity contribution >= 4 is 35.4 Å². The van der Waals surface area contributed by atoms with Crippen LogP contribution in [-0.2, 0) is 24.8 Å². The lowest BCUT2D eigenvalue weighted by molar-refractivity contribution is 0.606. The van der Waals surface area contributed by atoms with Crippen LogP contribution in [0.15, 0.2) is 24.3 Å². The van der Waals surface area contributed by atoms with Crippen LogP contribution in [0.4, 0.5) is 5.69 Å². The van der Waals surface area contributed by atoms with Gasteiger partial charge in [-0.25, -0.2) is 16.8 Å². The van der Waals surface area contributed by atoms with E-state index in [1.807, 2.05) is 0 Å². The minimum Gasteiger partial charge on any atom is -0.284 e. The summed E-state index contributed by atoms with van der Waals surface area (Å²) in [6, 6.07) is 6.03. The van der Waals surface area contributed by atoms with Crippen molar-refractivity contribution in [3.8, 4) is 0 Å². The van der Waals surface area contributed by atoms with Crippen LogP contribution in [0.3, 0.4) is 0 Å². The second-order valence-electron chi connectivity index (χ2n) is 3.26. The van der Waals surface area contributed by atoms with E-state index in [2.05, 4.69) is 4.72 Å². The van der Waals surface area contributed by atoms with Crippen molar-refractivity contribution < 1.29 is 16.8 Å². The number of nitrogens with one attached hydrogen (secondary N) is 1. The van der Waals surface area contributed by atoms with Crippen molar-refractivity contribution in [2.45, 2.75) is 5.75 Å². The van der Waals surface area contributed by atoms with Crippen LogP contribution in [0.5, 0.6) is 0 Å². The van der Waals surface area contributed by atoms with E-state index >= 15 is 0 Å². The van der Waals surface area contributed by atoms with E-state index in [9.17, 15) is 16.8 Å². The van der Waals surface area contributed by atoms with Gasteiger partial charge in [0.05, 0.1) is 12.0 Å². The molecule has 1 N–H and O–H groups in total. The van der Waals surface area contributed by atoms with Crippen molar-refractivity contribution in [2.75, 3.05) is 11.0 Å². The van der Waals surface area contributed by atoms with Crippen LogP contribution in [0.1, 0.15) is 5.56 Å². The topological polar surface area (TPSA) is 80.3 Å². The first-order chi connectivity index (χ1) is 7.16. The van der Waals surface area contributed by atoms with E-state index in [4.69, 9.17) is 10.7 Å². The SMILES string of the molecule is CS(=O)(=O)Nc1cccc(CS(=O)(=O)Cl)c1. The summed E-state index contributed by atoms with van der Waals surface area (Å²) in [5, 5.41) is 0. The lowest BCUT2D eigenvalue weighted by atomic mass is 10.2. The molecule has 0 fully saturated rings. The first-order valence-electron chi connectivity index (χ1n) is 4.15. The first-order valence-corrected chi connectivity index (χ1v) is 8.52. The summed E-state index contributed by atoms with van der Waals surface area (Å²) in [6.07, 6.45) is 1.01. The zero-order valence-corrected chi connectivity index (χ0v) is 10.7. The first kappa shape index (κ1) is 13.3. The fourth-order valence-corrected chi connectivity index (χ4v) is 2.65. The molecule has 0 amide bonds. The van der Waals surface area contributed by atoms with Gasteiger partial charge in [0.25, 0.3) is 0 Å². The van der Waals surface area contributed by atoms with E-state index in [1.165, 1.54) is 12.1 Å². The number of anilines is 1. The molecule has 0 spiro atoms. The predicted molar refractivity (Wildman–Crippen MR) is 63.4 cm³/mol. The molecule has 0 aliphatic rings. The monoisotopic (exact) mass is 283 g/mol. The second kappa shape index (κ2) is 4.60. The maximum atomic E-state index is 10.9. The van der Waals surface area contributed by atoms with Gasteiger partial charge >= 0.3 is 0 Å². The molecule has 16 heavy (non-hydrogen) atoms. The normalized spacial score (nSPS) is 12.4. The van der Waals surface area contributed by atoms with E-state index in [0.29, 0.717) is 11.3 Å². The molecule has 0 atom stereocenters. The molecule has 1 aromatic rings. The summed E-state index contributed by atoms with van der Waals surface area (Å²) in [6.45, 7) is 0. The molecule has 0 aliphatic carbocycles. The zero-order valence-electron chi connectivity index (χ0n) is 8.34. The Morgan fingerprint density at radius 1 is 1.25 bits per heavy atom. The standard InChI is InChI=1S/C8H10ClNO4S2/c1-15(11,12)10-8-4-2-3-7(5-8)6-16(9,13)14/h2-5,10H,6H2,1H3. The van der Waals surface area contributed by atoms with Crippen molar-refractivity contribution in [3.63, 3.8) is 0 Å². The van der Waals surface area contributed by atoms with Gasteiger partial charge in [0.2, 0.25) is 19.1 Å². The lowest BCUT2D eigenvalue weighted by Crippen LogP contribution is -2.09. The molecule has 1 aromatic carbocycles. The third-order valence-electron chi connectivity index (χ3n) is 1.57. The quantitative estimate of drug-likeness (QED) is 0.840. The number of hydrogen-bond acceptors (Lipinski definition) is 4. The summed E-state index contributed by atoms with van der Waals surface area (Å²) in [5.74, 6) is -0.339. The molecular formula is C8H10ClNO4S2. The molecule has 0 aromatic heterocycles. The summed E-state index contributed by atoms with van der Waals surface area (Å²) in [5.41, 5.74) is 0.726. The van der Waals surface area contributed by atoms with Crippen LogP contribution in [0.2, 0.25) is 0 Å². The summed E-state index contributed by atoms with van der Waals surface area (Å²) in [7, 11) is -1.93. The fourth-order valence-electron chi connectivity index (χ4n) is 1.14. The highest BCUT2D eigenvalue weighted by Gasteiger charge is 2.08. The predicted octanol–water partition coefficient (Wildman–Crippen LogP) is 1.13. The van der Waals surface area contributed by atoms with Crippen LogP contribution in [-0.4, -0.2) is 23.1 Å². The Morgan fingerprint density at radius 3 is 2.38 bits per heavy atom. The van der Waals surface area contributed by atoms with Gasteiger partial charge in [-0.05, 0) is 17.7 Å². The van der Waals surface area contributed by atoms with Crippen LogP contribution in [0.25, 0.3) is 0 Å². The van der Waals surface area contributed by atoms with Gasteiger partial charge in [0.1, 0.15) is 0 Å². The van der Waals surface area contributed by atoms with Crippen LogP contribution < -0.4 is 4.72 Å². The molecule has 5 nitrogen and oxygen atoms in total. The minimum absolute atomic E-state index is 0.306. The van der Waals surface area contributed by atoms with Crippen molar-refractivity contribution in [1.29, 1.82) is 0 Å². The second-order valence-corrected chi connectivity index (χ2v) is 7.78. The van der Waals surface area contributed by atoms with Gasteiger partial charge in [-0.15, -0.1) is 0 Å². The van der Waals surface area contributed by atoms with Gasteiger partial charge in [0, 0.05) is 16.4 Å². The maximum Gasteiger partial charge on any atom is 0.236 e. The Morgan fingerprint density at radius 2 is 1.88 bits per heavy atom. The Balaban J connectivity index is 2.96. The van der Waals surface area contributed by atoms with Crippen molar-refractivity contribution in [1.82, 2.24) is 0 Å². The van der Waals surface area contributed by atoms with Gasteiger partial charge in [-0.3, -0.25) is 4.72 Å². The molecule has 8 heteroatoms. The third-order valence-corrected chi connectivity index (χ3v) is 3.18. The van der Waals surface area contributed by atoms with Gasteiger partial charge in [-0.1, -0.05) is 12.1 Å². The van der Waals surface area contributed by atoms with Gasteiger partial charge < -0.3 is 0 Å². The molecule has 0 unspecified atom stereocenters. The van der Waals surface area contributed by atoms with Crippen molar-refractivity contribution in [2.24, 2.45) is 0 Å². The van der Waals surface area contributed by atoms with E-state index in [0.717, 1.165) is 6.26 Å². The third kappa shape index (κ3) is 5.34. The highest BCUT2D eigenvalue weighted by atomic mass is 35.7. The Kier molecular flexibility index (Phi) is 3.82. The lowest BCUT2D eigenvalue weighted by Gasteiger charge is -2.05. The maximum absolute atomic E-state index is 10.9.